The Morgan fingerprint density at radius 1 is 1.53 bits per heavy atom. The maximum Gasteiger partial charge on any atom is 0.337 e. The molecule has 0 saturated heterocycles. The van der Waals surface area contributed by atoms with Crippen molar-refractivity contribution in [1.29, 1.82) is 0 Å². The van der Waals surface area contributed by atoms with E-state index >= 15 is 0 Å². The van der Waals surface area contributed by atoms with E-state index in [2.05, 4.69) is 13.8 Å². The second-order valence-corrected chi connectivity index (χ2v) is 4.33. The Balaban J connectivity index is 3.08. The molecule has 0 heterocycles. The summed E-state index contributed by atoms with van der Waals surface area (Å²) < 4.78 is 0. The first kappa shape index (κ1) is 13.4. The number of carboxylic acids is 1. The highest BCUT2D eigenvalue weighted by Crippen LogP contribution is 2.24. The summed E-state index contributed by atoms with van der Waals surface area (Å²) in [5, 5.41) is 9.17. The van der Waals surface area contributed by atoms with Crippen LogP contribution in [0, 0.1) is 0 Å². The molecular weight excluding hydrogens is 216 g/mol. The van der Waals surface area contributed by atoms with Gasteiger partial charge in [0.25, 0.3) is 0 Å². The van der Waals surface area contributed by atoms with Crippen molar-refractivity contribution in [2.75, 3.05) is 17.7 Å². The van der Waals surface area contributed by atoms with Crippen LogP contribution in [0.5, 0.6) is 0 Å². The molecule has 0 aliphatic carbocycles. The minimum Gasteiger partial charge on any atom is -0.478 e. The van der Waals surface area contributed by atoms with Crippen LogP contribution in [0.2, 0.25) is 0 Å². The quantitative estimate of drug-likeness (QED) is 0.771. The lowest BCUT2D eigenvalue weighted by molar-refractivity contribution is 0.0697. The molecule has 0 aliphatic rings. The first-order valence-corrected chi connectivity index (χ1v) is 5.83. The normalized spacial score (nSPS) is 12.2. The van der Waals surface area contributed by atoms with E-state index in [0.29, 0.717) is 17.4 Å². The van der Waals surface area contributed by atoms with Gasteiger partial charge in [0.2, 0.25) is 0 Å². The molecule has 1 aromatic carbocycles. The number of aromatic carboxylic acids is 1. The van der Waals surface area contributed by atoms with Crippen molar-refractivity contribution >= 4 is 17.3 Å². The average molecular weight is 236 g/mol. The van der Waals surface area contributed by atoms with Gasteiger partial charge >= 0.3 is 5.97 Å². The highest BCUT2D eigenvalue weighted by atomic mass is 16.4. The van der Waals surface area contributed by atoms with Crippen LogP contribution in [0.15, 0.2) is 18.2 Å². The summed E-state index contributed by atoms with van der Waals surface area (Å²) in [6.45, 7) is 4.21. The molecule has 1 aromatic rings. The number of nitrogens with two attached hydrogens (primary N) is 1. The molecule has 0 saturated carbocycles. The minimum atomic E-state index is -0.942. The van der Waals surface area contributed by atoms with Gasteiger partial charge in [-0.1, -0.05) is 13.3 Å². The van der Waals surface area contributed by atoms with E-state index < -0.39 is 5.97 Å². The Bertz CT molecular complexity index is 404. The van der Waals surface area contributed by atoms with Crippen LogP contribution in [0.1, 0.15) is 37.0 Å². The molecule has 4 heteroatoms. The molecule has 3 N–H and O–H groups in total. The summed E-state index contributed by atoms with van der Waals surface area (Å²) in [6, 6.07) is 5.32. The number of nitrogens with zero attached hydrogens (tertiary/aromatic N) is 1. The number of benzene rings is 1. The third-order valence-electron chi connectivity index (χ3n) is 3.00. The van der Waals surface area contributed by atoms with Crippen molar-refractivity contribution in [3.8, 4) is 0 Å². The maximum atomic E-state index is 11.2. The van der Waals surface area contributed by atoms with Gasteiger partial charge < -0.3 is 15.7 Å². The van der Waals surface area contributed by atoms with Gasteiger partial charge in [0.15, 0.2) is 0 Å². The Labute approximate surface area is 102 Å². The molecular formula is C13H20N2O2. The third-order valence-corrected chi connectivity index (χ3v) is 3.00. The van der Waals surface area contributed by atoms with Gasteiger partial charge in [0.05, 0.1) is 11.3 Å². The van der Waals surface area contributed by atoms with E-state index in [0.717, 1.165) is 12.8 Å². The summed E-state index contributed by atoms with van der Waals surface area (Å²) in [5.74, 6) is -0.942. The van der Waals surface area contributed by atoms with Crippen molar-refractivity contribution in [2.45, 2.75) is 32.7 Å². The van der Waals surface area contributed by atoms with Crippen LogP contribution in [0.4, 0.5) is 11.4 Å². The molecule has 1 atom stereocenters. The standard InChI is InChI=1S/C13H20N2O2/c1-4-5-9(2)15(3)12-7-6-10(14)8-11(12)13(16)17/h6-9H,4-5,14H2,1-3H3,(H,16,17). The lowest BCUT2D eigenvalue weighted by Crippen LogP contribution is -2.30. The van der Waals surface area contributed by atoms with Crippen LogP contribution in [-0.2, 0) is 0 Å². The van der Waals surface area contributed by atoms with Crippen LogP contribution in [0.25, 0.3) is 0 Å². The largest absolute Gasteiger partial charge is 0.478 e. The summed E-state index contributed by atoms with van der Waals surface area (Å²) in [5.41, 5.74) is 7.07. The Morgan fingerprint density at radius 3 is 2.71 bits per heavy atom. The van der Waals surface area contributed by atoms with Gasteiger partial charge in [-0.15, -0.1) is 0 Å². The fourth-order valence-corrected chi connectivity index (χ4v) is 1.88. The number of rotatable bonds is 5. The first-order chi connectivity index (χ1) is 7.97. The number of carbonyl (C=O) groups is 1. The topological polar surface area (TPSA) is 66.6 Å². The van der Waals surface area contributed by atoms with Gasteiger partial charge in [-0.25, -0.2) is 4.79 Å². The Morgan fingerprint density at radius 2 is 2.18 bits per heavy atom. The lowest BCUT2D eigenvalue weighted by Gasteiger charge is -2.28. The highest BCUT2D eigenvalue weighted by Gasteiger charge is 2.17. The summed E-state index contributed by atoms with van der Waals surface area (Å²) in [7, 11) is 1.91. The van der Waals surface area contributed by atoms with Crippen molar-refractivity contribution in [1.82, 2.24) is 0 Å². The molecule has 17 heavy (non-hydrogen) atoms. The average Bonchev–Trinajstić information content (AvgIpc) is 2.28. The summed E-state index contributed by atoms with van der Waals surface area (Å²) in [4.78, 5) is 13.2. The van der Waals surface area contributed by atoms with Crippen molar-refractivity contribution < 1.29 is 9.90 Å². The maximum absolute atomic E-state index is 11.2. The second kappa shape index (κ2) is 5.57. The van der Waals surface area contributed by atoms with Gasteiger partial charge in [-0.05, 0) is 31.5 Å². The predicted molar refractivity (Wildman–Crippen MR) is 70.6 cm³/mol. The molecule has 1 rings (SSSR count). The molecule has 0 bridgehead atoms. The highest BCUT2D eigenvalue weighted by molar-refractivity contribution is 5.95. The van der Waals surface area contributed by atoms with E-state index in [-0.39, 0.29) is 5.56 Å². The van der Waals surface area contributed by atoms with Crippen molar-refractivity contribution in [2.24, 2.45) is 0 Å². The zero-order valence-electron chi connectivity index (χ0n) is 10.6. The molecule has 0 amide bonds. The van der Waals surface area contributed by atoms with Crippen LogP contribution in [-0.4, -0.2) is 24.2 Å². The van der Waals surface area contributed by atoms with Crippen LogP contribution in [0.3, 0.4) is 0 Å². The molecule has 94 valence electrons. The minimum absolute atomic E-state index is 0.260. The van der Waals surface area contributed by atoms with E-state index in [1.807, 2.05) is 11.9 Å². The van der Waals surface area contributed by atoms with Crippen LogP contribution >= 0.6 is 0 Å². The molecule has 4 nitrogen and oxygen atoms in total. The number of hydrogen-bond acceptors (Lipinski definition) is 3. The van der Waals surface area contributed by atoms with Crippen LogP contribution < -0.4 is 10.6 Å². The monoisotopic (exact) mass is 236 g/mol. The van der Waals surface area contributed by atoms with Gasteiger partial charge in [-0.2, -0.15) is 0 Å². The molecule has 0 aromatic heterocycles. The molecule has 0 fully saturated rings. The predicted octanol–water partition coefficient (Wildman–Crippen LogP) is 2.59. The van der Waals surface area contributed by atoms with Gasteiger partial charge in [0, 0.05) is 18.8 Å². The smallest absolute Gasteiger partial charge is 0.337 e. The Kier molecular flexibility index (Phi) is 4.37. The summed E-state index contributed by atoms with van der Waals surface area (Å²) in [6.07, 6.45) is 2.10. The summed E-state index contributed by atoms with van der Waals surface area (Å²) >= 11 is 0. The molecule has 0 aliphatic heterocycles. The number of hydrogen-bond donors (Lipinski definition) is 2. The van der Waals surface area contributed by atoms with Crippen molar-refractivity contribution in [3.63, 3.8) is 0 Å². The zero-order chi connectivity index (χ0) is 13.0. The fourth-order valence-electron chi connectivity index (χ4n) is 1.88. The second-order valence-electron chi connectivity index (χ2n) is 4.33. The number of anilines is 2. The molecule has 0 spiro atoms. The van der Waals surface area contributed by atoms with E-state index in [9.17, 15) is 4.79 Å². The first-order valence-electron chi connectivity index (χ1n) is 5.83. The van der Waals surface area contributed by atoms with Gasteiger partial charge in [-0.3, -0.25) is 0 Å². The lowest BCUT2D eigenvalue weighted by atomic mass is 10.1. The number of nitrogen functional groups attached to an aromatic ring is 1. The zero-order valence-corrected chi connectivity index (χ0v) is 10.6. The molecule has 1 unspecified atom stereocenters. The fraction of sp³-hybridized carbons (Fsp3) is 0.462. The van der Waals surface area contributed by atoms with E-state index in [1.54, 1.807) is 12.1 Å². The van der Waals surface area contributed by atoms with Crippen molar-refractivity contribution in [3.05, 3.63) is 23.8 Å². The SMILES string of the molecule is CCCC(C)N(C)c1ccc(N)cc1C(=O)O. The van der Waals surface area contributed by atoms with E-state index in [4.69, 9.17) is 10.8 Å². The Hall–Kier alpha value is -1.71. The third kappa shape index (κ3) is 3.12. The molecule has 0 radical (unpaired) electrons. The number of carboxylic acid groups (broad SMARTS) is 1. The van der Waals surface area contributed by atoms with E-state index in [1.165, 1.54) is 6.07 Å². The van der Waals surface area contributed by atoms with Gasteiger partial charge in [0.1, 0.15) is 0 Å².